The summed E-state index contributed by atoms with van der Waals surface area (Å²) in [6, 6.07) is -0.737. The fourth-order valence-corrected chi connectivity index (χ4v) is 2.44. The summed E-state index contributed by atoms with van der Waals surface area (Å²) in [6.45, 7) is 3.87. The normalized spacial score (nSPS) is 19.4. The fourth-order valence-electron chi connectivity index (χ4n) is 1.43. The number of carbonyl (C=O) groups is 3. The van der Waals surface area contributed by atoms with E-state index in [1.165, 1.54) is 18.7 Å². The molecule has 0 saturated carbocycles. The first kappa shape index (κ1) is 15.3. The molecule has 0 spiro atoms. The first-order valence-electron chi connectivity index (χ1n) is 5.82. The predicted molar refractivity (Wildman–Crippen MR) is 73.9 cm³/mol. The Kier molecular flexibility index (Phi) is 5.62. The summed E-state index contributed by atoms with van der Waals surface area (Å²) in [7, 11) is 0. The molecule has 1 aliphatic heterocycles. The highest BCUT2D eigenvalue weighted by atomic mass is 32.2. The van der Waals surface area contributed by atoms with Gasteiger partial charge in [-0.3, -0.25) is 14.4 Å². The molecule has 0 bridgehead atoms. The third kappa shape index (κ3) is 4.13. The third-order valence-electron chi connectivity index (χ3n) is 2.62. The molecule has 0 radical (unpaired) electrons. The van der Waals surface area contributed by atoms with Crippen molar-refractivity contribution in [3.05, 3.63) is 22.8 Å². The lowest BCUT2D eigenvalue weighted by molar-refractivity contribution is -0.124. The quantitative estimate of drug-likeness (QED) is 0.547. The van der Waals surface area contributed by atoms with Crippen LogP contribution in [-0.4, -0.2) is 41.5 Å². The van der Waals surface area contributed by atoms with Crippen molar-refractivity contribution in [2.45, 2.75) is 19.9 Å². The van der Waals surface area contributed by atoms with Crippen molar-refractivity contribution < 1.29 is 14.4 Å². The van der Waals surface area contributed by atoms with Crippen molar-refractivity contribution in [2.75, 3.05) is 12.3 Å². The van der Waals surface area contributed by atoms with E-state index in [0.29, 0.717) is 12.1 Å². The van der Waals surface area contributed by atoms with E-state index in [1.54, 1.807) is 24.0 Å². The number of nitrogens with two attached hydrogens (primary N) is 1. The Morgan fingerprint density at radius 3 is 2.74 bits per heavy atom. The fraction of sp³-hybridized carbons (Fsp3) is 0.417. The molecule has 104 valence electrons. The maximum Gasteiger partial charge on any atom is 0.251 e. The number of primary amides is 1. The van der Waals surface area contributed by atoms with Crippen LogP contribution < -0.4 is 11.1 Å². The summed E-state index contributed by atoms with van der Waals surface area (Å²) in [5, 5.41) is 3.22. The van der Waals surface area contributed by atoms with Crippen LogP contribution in [0.3, 0.4) is 0 Å². The van der Waals surface area contributed by atoms with Crippen LogP contribution in [0.1, 0.15) is 13.8 Å². The standard InChI is InChI=1S/C12H17N3O3S/c1-3-9(12(18)14-8(2)11(13)17)6-10-15(7-16)4-5-19-10/h3,6-8H,4-5H2,1-2H3,(H2,13,17)(H,14,18)/b9-3+,10-6+. The minimum Gasteiger partial charge on any atom is -0.368 e. The second kappa shape index (κ2) is 6.98. The highest BCUT2D eigenvalue weighted by Gasteiger charge is 2.19. The SMILES string of the molecule is C/C=C(\C=C1\SCCN1C=O)C(=O)NC(C)C(N)=O. The number of hydrogen-bond donors (Lipinski definition) is 2. The second-order valence-corrected chi connectivity index (χ2v) is 5.09. The van der Waals surface area contributed by atoms with Crippen molar-refractivity contribution in [3.8, 4) is 0 Å². The van der Waals surface area contributed by atoms with Crippen molar-refractivity contribution in [1.82, 2.24) is 10.2 Å². The van der Waals surface area contributed by atoms with E-state index < -0.39 is 11.9 Å². The average Bonchev–Trinajstić information content (AvgIpc) is 2.82. The molecule has 3 N–H and O–H groups in total. The molecule has 1 heterocycles. The van der Waals surface area contributed by atoms with Crippen LogP contribution in [0.5, 0.6) is 0 Å². The topological polar surface area (TPSA) is 92.5 Å². The average molecular weight is 283 g/mol. The van der Waals surface area contributed by atoms with Gasteiger partial charge in [-0.1, -0.05) is 6.08 Å². The monoisotopic (exact) mass is 283 g/mol. The van der Waals surface area contributed by atoms with Crippen molar-refractivity contribution in [3.63, 3.8) is 0 Å². The first-order chi connectivity index (χ1) is 8.99. The number of nitrogens with one attached hydrogen (secondary N) is 1. The maximum absolute atomic E-state index is 11.9. The highest BCUT2D eigenvalue weighted by molar-refractivity contribution is 8.03. The molecule has 1 saturated heterocycles. The van der Waals surface area contributed by atoms with E-state index >= 15 is 0 Å². The van der Waals surface area contributed by atoms with Gasteiger partial charge in [-0.25, -0.2) is 0 Å². The Morgan fingerprint density at radius 1 is 1.53 bits per heavy atom. The van der Waals surface area contributed by atoms with E-state index in [2.05, 4.69) is 5.32 Å². The van der Waals surface area contributed by atoms with E-state index in [-0.39, 0.29) is 5.91 Å². The summed E-state index contributed by atoms with van der Waals surface area (Å²) in [4.78, 5) is 35.2. The van der Waals surface area contributed by atoms with Crippen LogP contribution in [0.4, 0.5) is 0 Å². The Labute approximate surface area is 116 Å². The number of allylic oxidation sites excluding steroid dienone is 1. The van der Waals surface area contributed by atoms with Crippen molar-refractivity contribution >= 4 is 30.0 Å². The number of nitrogens with zero attached hydrogens (tertiary/aromatic N) is 1. The van der Waals surface area contributed by atoms with Crippen LogP contribution in [0.25, 0.3) is 0 Å². The van der Waals surface area contributed by atoms with Crippen LogP contribution >= 0.6 is 11.8 Å². The molecule has 6 nitrogen and oxygen atoms in total. The highest BCUT2D eigenvalue weighted by Crippen LogP contribution is 2.27. The van der Waals surface area contributed by atoms with E-state index in [4.69, 9.17) is 5.73 Å². The maximum atomic E-state index is 11.9. The van der Waals surface area contributed by atoms with Gasteiger partial charge in [0.1, 0.15) is 6.04 Å². The minimum absolute atomic E-state index is 0.389. The molecule has 3 amide bonds. The minimum atomic E-state index is -0.737. The molecule has 19 heavy (non-hydrogen) atoms. The zero-order valence-electron chi connectivity index (χ0n) is 10.9. The Balaban J connectivity index is 2.79. The predicted octanol–water partition coefficient (Wildman–Crippen LogP) is -0.0307. The zero-order valence-corrected chi connectivity index (χ0v) is 11.7. The van der Waals surface area contributed by atoms with Gasteiger partial charge in [0.05, 0.1) is 5.03 Å². The molecule has 0 aliphatic carbocycles. The van der Waals surface area contributed by atoms with Crippen molar-refractivity contribution in [2.24, 2.45) is 5.73 Å². The van der Waals surface area contributed by atoms with Gasteiger partial charge in [0.2, 0.25) is 12.3 Å². The Hall–Kier alpha value is -1.76. The molecule has 1 aliphatic rings. The molecule has 0 aromatic carbocycles. The van der Waals surface area contributed by atoms with Crippen molar-refractivity contribution in [1.29, 1.82) is 0 Å². The lowest BCUT2D eigenvalue weighted by Crippen LogP contribution is -2.42. The smallest absolute Gasteiger partial charge is 0.251 e. The third-order valence-corrected chi connectivity index (χ3v) is 3.65. The summed E-state index contributed by atoms with van der Waals surface area (Å²) in [6.07, 6.45) is 4.00. The molecule has 0 aromatic heterocycles. The van der Waals surface area contributed by atoms with Gasteiger partial charge < -0.3 is 16.0 Å². The van der Waals surface area contributed by atoms with Crippen LogP contribution in [0, 0.1) is 0 Å². The molecule has 0 aromatic rings. The summed E-state index contributed by atoms with van der Waals surface area (Å²) in [5.41, 5.74) is 5.48. The van der Waals surface area contributed by atoms with Gasteiger partial charge in [-0.05, 0) is 19.9 Å². The number of hydrogen-bond acceptors (Lipinski definition) is 4. The lowest BCUT2D eigenvalue weighted by Gasteiger charge is -2.13. The van der Waals surface area contributed by atoms with Crippen LogP contribution in [0.15, 0.2) is 22.8 Å². The van der Waals surface area contributed by atoms with E-state index in [9.17, 15) is 14.4 Å². The molecule has 1 fully saturated rings. The first-order valence-corrected chi connectivity index (χ1v) is 6.81. The van der Waals surface area contributed by atoms with Gasteiger partial charge in [0.15, 0.2) is 0 Å². The summed E-state index contributed by atoms with van der Waals surface area (Å²) < 4.78 is 0. The number of thioether (sulfide) groups is 1. The summed E-state index contributed by atoms with van der Waals surface area (Å²) >= 11 is 1.50. The van der Waals surface area contributed by atoms with Gasteiger partial charge in [-0.15, -0.1) is 11.8 Å². The van der Waals surface area contributed by atoms with Gasteiger partial charge >= 0.3 is 0 Å². The van der Waals surface area contributed by atoms with E-state index in [0.717, 1.165) is 17.2 Å². The number of carbonyl (C=O) groups excluding carboxylic acids is 3. The number of amides is 3. The molecule has 7 heteroatoms. The molecular weight excluding hydrogens is 266 g/mol. The zero-order chi connectivity index (χ0) is 14.4. The Bertz CT molecular complexity index is 446. The summed E-state index contributed by atoms with van der Waals surface area (Å²) in [5.74, 6) is -0.179. The molecule has 1 rings (SSSR count). The van der Waals surface area contributed by atoms with Gasteiger partial charge in [-0.2, -0.15) is 0 Å². The van der Waals surface area contributed by atoms with Crippen LogP contribution in [0.2, 0.25) is 0 Å². The molecule has 1 atom stereocenters. The molecular formula is C12H17N3O3S. The molecule has 1 unspecified atom stereocenters. The van der Waals surface area contributed by atoms with E-state index in [1.807, 2.05) is 0 Å². The van der Waals surface area contributed by atoms with Crippen LogP contribution in [-0.2, 0) is 14.4 Å². The Morgan fingerprint density at radius 2 is 2.21 bits per heavy atom. The largest absolute Gasteiger partial charge is 0.368 e. The number of rotatable bonds is 5. The van der Waals surface area contributed by atoms with Gasteiger partial charge in [0, 0.05) is 17.9 Å². The lowest BCUT2D eigenvalue weighted by atomic mass is 10.2. The van der Waals surface area contributed by atoms with Gasteiger partial charge in [0.25, 0.3) is 5.91 Å². The second-order valence-electron chi connectivity index (χ2n) is 3.97.